The van der Waals surface area contributed by atoms with E-state index in [4.69, 9.17) is 4.98 Å². The van der Waals surface area contributed by atoms with Crippen LogP contribution in [0.25, 0.3) is 55.3 Å². The van der Waals surface area contributed by atoms with Gasteiger partial charge in [0.15, 0.2) is 23.1 Å². The minimum absolute atomic E-state index is 0.0102. The van der Waals surface area contributed by atoms with Crippen LogP contribution in [0.5, 0.6) is 0 Å². The van der Waals surface area contributed by atoms with Crippen LogP contribution in [0, 0.1) is 12.7 Å². The molecule has 0 saturated carbocycles. The van der Waals surface area contributed by atoms with Gasteiger partial charge in [-0.2, -0.15) is 5.10 Å². The number of imidazole rings is 1. The van der Waals surface area contributed by atoms with Crippen LogP contribution in [0.2, 0.25) is 0 Å². The summed E-state index contributed by atoms with van der Waals surface area (Å²) in [5.74, 6) is -0.116. The van der Waals surface area contributed by atoms with Gasteiger partial charge in [-0.05, 0) is 43.7 Å². The maximum atomic E-state index is 15.8. The van der Waals surface area contributed by atoms with Gasteiger partial charge >= 0.3 is 0 Å². The van der Waals surface area contributed by atoms with Gasteiger partial charge in [0, 0.05) is 34.6 Å². The highest BCUT2D eigenvalue weighted by molar-refractivity contribution is 7.17. The molecule has 8 nitrogen and oxygen atoms in total. The van der Waals surface area contributed by atoms with Crippen LogP contribution in [0.4, 0.5) is 4.39 Å². The molecule has 0 aromatic carbocycles. The third-order valence-corrected chi connectivity index (χ3v) is 6.89. The minimum atomic E-state index is -0.504. The van der Waals surface area contributed by atoms with Crippen molar-refractivity contribution in [2.45, 2.75) is 13.8 Å². The molecule has 6 rings (SSSR count). The highest BCUT2D eigenvalue weighted by Crippen LogP contribution is 2.36. The Morgan fingerprint density at radius 3 is 2.71 bits per heavy atom. The Morgan fingerprint density at radius 2 is 1.91 bits per heavy atom. The third kappa shape index (κ3) is 3.11. The minimum Gasteiger partial charge on any atom is -0.321 e. The molecular formula is C24H16FN7OS. The zero-order valence-electron chi connectivity index (χ0n) is 18.0. The average molecular weight is 470 g/mol. The fourth-order valence-corrected chi connectivity index (χ4v) is 4.87. The van der Waals surface area contributed by atoms with Crippen molar-refractivity contribution in [3.63, 3.8) is 0 Å². The predicted molar refractivity (Wildman–Crippen MR) is 128 cm³/mol. The lowest BCUT2D eigenvalue weighted by atomic mass is 10.1. The fourth-order valence-electron chi connectivity index (χ4n) is 3.94. The van der Waals surface area contributed by atoms with Crippen LogP contribution < -0.4 is 0 Å². The molecule has 0 unspecified atom stereocenters. The molecule has 0 spiro atoms. The van der Waals surface area contributed by atoms with E-state index in [0.717, 1.165) is 16.0 Å². The van der Waals surface area contributed by atoms with E-state index >= 15 is 4.39 Å². The van der Waals surface area contributed by atoms with Crippen molar-refractivity contribution in [2.75, 3.05) is 0 Å². The summed E-state index contributed by atoms with van der Waals surface area (Å²) in [5, 5.41) is 7.45. The van der Waals surface area contributed by atoms with Crippen LogP contribution in [0.15, 0.2) is 49.1 Å². The lowest BCUT2D eigenvalue weighted by molar-refractivity contribution is 0.102. The number of aryl methyl sites for hydroxylation is 1. The van der Waals surface area contributed by atoms with E-state index in [1.807, 2.05) is 25.1 Å². The van der Waals surface area contributed by atoms with Gasteiger partial charge in [0.1, 0.15) is 16.9 Å². The first-order valence-corrected chi connectivity index (χ1v) is 11.2. The molecule has 0 amide bonds. The number of carbonyl (C=O) groups is 1. The molecular weight excluding hydrogens is 453 g/mol. The molecule has 6 aromatic rings. The maximum Gasteiger partial charge on any atom is 0.169 e. The number of aromatic nitrogens is 7. The number of aromatic amines is 2. The molecule has 0 saturated heterocycles. The third-order valence-electron chi connectivity index (χ3n) is 5.67. The molecule has 0 aliphatic heterocycles. The number of thiophene rings is 1. The highest BCUT2D eigenvalue weighted by atomic mass is 32.1. The van der Waals surface area contributed by atoms with Crippen LogP contribution in [-0.4, -0.2) is 40.9 Å². The van der Waals surface area contributed by atoms with Crippen molar-refractivity contribution < 1.29 is 9.18 Å². The molecule has 0 bridgehead atoms. The summed E-state index contributed by atoms with van der Waals surface area (Å²) in [6.07, 6.45) is 6.48. The van der Waals surface area contributed by atoms with Crippen LogP contribution in [-0.2, 0) is 0 Å². The van der Waals surface area contributed by atoms with Gasteiger partial charge in [0.25, 0.3) is 0 Å². The zero-order valence-corrected chi connectivity index (χ0v) is 18.9. The van der Waals surface area contributed by atoms with E-state index in [2.05, 4.69) is 30.1 Å². The fraction of sp³-hybridized carbons (Fsp3) is 0.0833. The summed E-state index contributed by atoms with van der Waals surface area (Å²) in [4.78, 5) is 34.0. The van der Waals surface area contributed by atoms with Crippen molar-refractivity contribution >= 4 is 39.2 Å². The van der Waals surface area contributed by atoms with Crippen LogP contribution in [0.3, 0.4) is 0 Å². The summed E-state index contributed by atoms with van der Waals surface area (Å²) in [6.45, 7) is 3.42. The standard InChI is InChI=1S/C24H16FN7OS/c1-11-5-7-26-9-14(11)20-19(25)18-15(10-28-20)31-32-22(18)24-29-21-13(6-8-27-23(21)30-24)17-4-3-16(34-17)12(2)33/h3-10H,1-2H3,(H,31,32)(H,27,29,30). The maximum absolute atomic E-state index is 15.8. The second-order valence-corrected chi connectivity index (χ2v) is 8.92. The lowest BCUT2D eigenvalue weighted by Crippen LogP contribution is -1.94. The Hall–Kier alpha value is -4.31. The number of nitrogens with one attached hydrogen (secondary N) is 2. The molecule has 0 fully saturated rings. The summed E-state index contributed by atoms with van der Waals surface area (Å²) >= 11 is 1.39. The van der Waals surface area contributed by atoms with Gasteiger partial charge in [0.05, 0.1) is 22.0 Å². The Labute approximate surface area is 196 Å². The van der Waals surface area contributed by atoms with E-state index in [-0.39, 0.29) is 16.9 Å². The first-order valence-electron chi connectivity index (χ1n) is 10.4. The zero-order chi connectivity index (χ0) is 23.4. The van der Waals surface area contributed by atoms with Crippen LogP contribution >= 0.6 is 11.3 Å². The highest BCUT2D eigenvalue weighted by Gasteiger charge is 2.22. The second-order valence-electron chi connectivity index (χ2n) is 7.83. The quantitative estimate of drug-likeness (QED) is 0.337. The molecule has 10 heteroatoms. The summed E-state index contributed by atoms with van der Waals surface area (Å²) < 4.78 is 15.8. The van der Waals surface area contributed by atoms with Gasteiger partial charge in [0.2, 0.25) is 0 Å². The van der Waals surface area contributed by atoms with Crippen molar-refractivity contribution in [3.8, 4) is 33.2 Å². The van der Waals surface area contributed by atoms with Crippen LogP contribution in [0.1, 0.15) is 22.2 Å². The van der Waals surface area contributed by atoms with Gasteiger partial charge in [-0.15, -0.1) is 11.3 Å². The summed E-state index contributed by atoms with van der Waals surface area (Å²) in [5.41, 5.74) is 4.45. The Kier molecular flexibility index (Phi) is 4.56. The number of pyridine rings is 3. The topological polar surface area (TPSA) is 113 Å². The monoisotopic (exact) mass is 469 g/mol. The number of hydrogen-bond acceptors (Lipinski definition) is 7. The largest absolute Gasteiger partial charge is 0.321 e. The number of H-pyrrole nitrogens is 2. The Morgan fingerprint density at radius 1 is 1.03 bits per heavy atom. The van der Waals surface area contributed by atoms with E-state index in [1.165, 1.54) is 18.3 Å². The predicted octanol–water partition coefficient (Wildman–Crippen LogP) is 5.34. The first kappa shape index (κ1) is 20.3. The van der Waals surface area contributed by atoms with E-state index < -0.39 is 5.82 Å². The molecule has 0 radical (unpaired) electrons. The Balaban J connectivity index is 1.53. The van der Waals surface area contributed by atoms with Crippen molar-refractivity contribution in [1.29, 1.82) is 0 Å². The van der Waals surface area contributed by atoms with Gasteiger partial charge in [-0.3, -0.25) is 19.9 Å². The van der Waals surface area contributed by atoms with Gasteiger partial charge in [-0.1, -0.05) is 0 Å². The van der Waals surface area contributed by atoms with E-state index in [1.54, 1.807) is 30.9 Å². The number of fused-ring (bicyclic) bond motifs is 2. The molecule has 6 aromatic heterocycles. The number of carbonyl (C=O) groups excluding carboxylic acids is 1. The van der Waals surface area contributed by atoms with Crippen molar-refractivity contribution in [2.24, 2.45) is 0 Å². The number of ketones is 1. The Bertz CT molecular complexity index is 1730. The van der Waals surface area contributed by atoms with E-state index in [0.29, 0.717) is 38.6 Å². The second kappa shape index (κ2) is 7.63. The number of hydrogen-bond donors (Lipinski definition) is 2. The molecule has 166 valence electrons. The molecule has 0 atom stereocenters. The normalized spacial score (nSPS) is 11.5. The molecule has 0 aliphatic rings. The first-order chi connectivity index (χ1) is 16.5. The smallest absolute Gasteiger partial charge is 0.169 e. The number of Topliss-reactive ketones (excluding diaryl/α,β-unsaturated/α-hetero) is 1. The van der Waals surface area contributed by atoms with Crippen molar-refractivity contribution in [3.05, 3.63) is 65.3 Å². The number of rotatable bonds is 4. The summed E-state index contributed by atoms with van der Waals surface area (Å²) in [7, 11) is 0. The van der Waals surface area contributed by atoms with Gasteiger partial charge < -0.3 is 4.98 Å². The number of halogens is 1. The van der Waals surface area contributed by atoms with Gasteiger partial charge in [-0.25, -0.2) is 14.4 Å². The van der Waals surface area contributed by atoms with Crippen molar-refractivity contribution in [1.82, 2.24) is 35.1 Å². The average Bonchev–Trinajstić information content (AvgIpc) is 3.57. The molecule has 2 N–H and O–H groups in total. The number of nitrogens with zero attached hydrogens (tertiary/aromatic N) is 5. The van der Waals surface area contributed by atoms with E-state index in [9.17, 15) is 4.79 Å². The molecule has 6 heterocycles. The molecule has 34 heavy (non-hydrogen) atoms. The lowest BCUT2D eigenvalue weighted by Gasteiger charge is -2.06. The summed E-state index contributed by atoms with van der Waals surface area (Å²) in [6, 6.07) is 7.35. The SMILES string of the molecule is CC(=O)c1ccc(-c2ccnc3[nH]c(-c4n[nH]c5cnc(-c6cnccc6C)c(F)c45)nc23)s1. The molecule has 0 aliphatic carbocycles.